The van der Waals surface area contributed by atoms with E-state index in [0.717, 1.165) is 0 Å². The predicted octanol–water partition coefficient (Wildman–Crippen LogP) is -2.04. The molecule has 0 aliphatic carbocycles. The van der Waals surface area contributed by atoms with Crippen LogP contribution in [-0.4, -0.2) is 55.6 Å². The zero-order valence-corrected chi connectivity index (χ0v) is 7.24. The molecular formula is C7H11N3O4. The molecule has 0 saturated carbocycles. The standard InChI is InChI=1S/C7H11N3O4/c11-2-4-5(12)6(13)7(14-4)3-1-8-10-9-3/h1,4-7,11-13H,2H2,(H,8,9,10)/t4-,5-,6+,7?/m1/s1. The highest BCUT2D eigenvalue weighted by molar-refractivity contribution is 5.05. The summed E-state index contributed by atoms with van der Waals surface area (Å²) in [6.45, 7) is -0.341. The second kappa shape index (κ2) is 3.62. The van der Waals surface area contributed by atoms with Crippen LogP contribution in [0.3, 0.4) is 0 Å². The monoisotopic (exact) mass is 201 g/mol. The zero-order chi connectivity index (χ0) is 10.1. The number of ether oxygens (including phenoxy) is 1. The van der Waals surface area contributed by atoms with Crippen molar-refractivity contribution in [2.45, 2.75) is 24.4 Å². The van der Waals surface area contributed by atoms with Crippen molar-refractivity contribution in [1.82, 2.24) is 15.4 Å². The quantitative estimate of drug-likeness (QED) is 0.438. The molecule has 0 bridgehead atoms. The van der Waals surface area contributed by atoms with E-state index >= 15 is 0 Å². The van der Waals surface area contributed by atoms with E-state index in [-0.39, 0.29) is 6.61 Å². The molecule has 1 aliphatic rings. The van der Waals surface area contributed by atoms with Crippen LogP contribution in [0.4, 0.5) is 0 Å². The summed E-state index contributed by atoms with van der Waals surface area (Å²) in [6.07, 6.45) is -2.22. The van der Waals surface area contributed by atoms with Crippen molar-refractivity contribution in [3.63, 3.8) is 0 Å². The summed E-state index contributed by atoms with van der Waals surface area (Å²) in [5.74, 6) is 0. The molecule has 0 aromatic carbocycles. The van der Waals surface area contributed by atoms with Gasteiger partial charge in [-0.25, -0.2) is 0 Å². The Kier molecular flexibility index (Phi) is 2.46. The smallest absolute Gasteiger partial charge is 0.132 e. The van der Waals surface area contributed by atoms with Crippen LogP contribution in [-0.2, 0) is 4.74 Å². The molecule has 1 fully saturated rings. The van der Waals surface area contributed by atoms with E-state index in [0.29, 0.717) is 5.69 Å². The number of H-pyrrole nitrogens is 1. The third kappa shape index (κ3) is 1.40. The van der Waals surface area contributed by atoms with Gasteiger partial charge in [-0.15, -0.1) is 5.10 Å². The molecule has 4 N–H and O–H groups in total. The summed E-state index contributed by atoms with van der Waals surface area (Å²) in [7, 11) is 0. The Balaban J connectivity index is 2.16. The minimum absolute atomic E-state index is 0.341. The topological polar surface area (TPSA) is 111 Å². The van der Waals surface area contributed by atoms with Gasteiger partial charge >= 0.3 is 0 Å². The van der Waals surface area contributed by atoms with Gasteiger partial charge in [0.1, 0.15) is 30.1 Å². The Morgan fingerprint density at radius 3 is 2.71 bits per heavy atom. The summed E-state index contributed by atoms with van der Waals surface area (Å²) >= 11 is 0. The second-order valence-corrected chi connectivity index (χ2v) is 3.16. The zero-order valence-electron chi connectivity index (χ0n) is 7.24. The number of aliphatic hydroxyl groups excluding tert-OH is 3. The highest BCUT2D eigenvalue weighted by Crippen LogP contribution is 2.31. The van der Waals surface area contributed by atoms with Crippen LogP contribution in [0.2, 0.25) is 0 Å². The number of rotatable bonds is 2. The van der Waals surface area contributed by atoms with Crippen LogP contribution in [0, 0.1) is 0 Å². The number of aromatic nitrogens is 3. The Morgan fingerprint density at radius 1 is 1.43 bits per heavy atom. The van der Waals surface area contributed by atoms with E-state index in [9.17, 15) is 10.2 Å². The van der Waals surface area contributed by atoms with Gasteiger partial charge in [0.15, 0.2) is 0 Å². The van der Waals surface area contributed by atoms with E-state index in [1.807, 2.05) is 0 Å². The van der Waals surface area contributed by atoms with Gasteiger partial charge in [-0.2, -0.15) is 0 Å². The minimum atomic E-state index is -1.10. The van der Waals surface area contributed by atoms with Crippen molar-refractivity contribution >= 4 is 0 Å². The molecule has 0 spiro atoms. The maximum atomic E-state index is 9.56. The second-order valence-electron chi connectivity index (χ2n) is 3.16. The summed E-state index contributed by atoms with van der Waals surface area (Å²) in [4.78, 5) is 0. The van der Waals surface area contributed by atoms with Crippen molar-refractivity contribution in [2.75, 3.05) is 6.61 Å². The van der Waals surface area contributed by atoms with Crippen LogP contribution >= 0.6 is 0 Å². The fourth-order valence-electron chi connectivity index (χ4n) is 1.49. The van der Waals surface area contributed by atoms with Crippen LogP contribution in [0.5, 0.6) is 0 Å². The van der Waals surface area contributed by atoms with Gasteiger partial charge in [0.2, 0.25) is 0 Å². The molecule has 1 aromatic rings. The lowest BCUT2D eigenvalue weighted by atomic mass is 10.1. The van der Waals surface area contributed by atoms with Gasteiger partial charge in [-0.3, -0.25) is 5.10 Å². The fourth-order valence-corrected chi connectivity index (χ4v) is 1.49. The SMILES string of the molecule is OC[C@H]1OC(c2c[nH]nn2)[C@@H](O)[C@@H]1O. The highest BCUT2D eigenvalue weighted by Gasteiger charge is 2.44. The summed E-state index contributed by atoms with van der Waals surface area (Å²) in [6, 6.07) is 0. The minimum Gasteiger partial charge on any atom is -0.394 e. The Hall–Kier alpha value is -1.02. The first-order valence-corrected chi connectivity index (χ1v) is 4.23. The van der Waals surface area contributed by atoms with Gasteiger partial charge in [-0.1, -0.05) is 5.21 Å². The van der Waals surface area contributed by atoms with Crippen molar-refractivity contribution in [1.29, 1.82) is 0 Å². The molecule has 2 rings (SSSR count). The van der Waals surface area contributed by atoms with Gasteiger partial charge in [0.25, 0.3) is 0 Å². The summed E-state index contributed by atoms with van der Waals surface area (Å²) < 4.78 is 5.21. The molecule has 0 radical (unpaired) electrons. The van der Waals surface area contributed by atoms with Crippen molar-refractivity contribution in [3.05, 3.63) is 11.9 Å². The summed E-state index contributed by atoms with van der Waals surface area (Å²) in [5, 5.41) is 37.4. The third-order valence-corrected chi connectivity index (χ3v) is 2.27. The molecule has 0 amide bonds. The largest absolute Gasteiger partial charge is 0.394 e. The summed E-state index contributed by atoms with van der Waals surface area (Å²) in [5.41, 5.74) is 0.410. The average Bonchev–Trinajstić information content (AvgIpc) is 2.78. The van der Waals surface area contributed by atoms with E-state index in [4.69, 9.17) is 9.84 Å². The lowest BCUT2D eigenvalue weighted by Gasteiger charge is -2.10. The molecule has 1 aromatic heterocycles. The van der Waals surface area contributed by atoms with Crippen LogP contribution in [0.1, 0.15) is 11.8 Å². The van der Waals surface area contributed by atoms with Crippen LogP contribution < -0.4 is 0 Å². The molecule has 1 saturated heterocycles. The normalized spacial score (nSPS) is 37.6. The first kappa shape index (κ1) is 9.53. The average molecular weight is 201 g/mol. The molecule has 7 nitrogen and oxygen atoms in total. The van der Waals surface area contributed by atoms with E-state index in [1.165, 1.54) is 6.20 Å². The van der Waals surface area contributed by atoms with Gasteiger partial charge < -0.3 is 20.1 Å². The maximum absolute atomic E-state index is 9.56. The third-order valence-electron chi connectivity index (χ3n) is 2.27. The molecule has 7 heteroatoms. The van der Waals surface area contributed by atoms with Gasteiger partial charge in [0.05, 0.1) is 6.61 Å². The van der Waals surface area contributed by atoms with Gasteiger partial charge in [-0.05, 0) is 0 Å². The predicted molar refractivity (Wildman–Crippen MR) is 43.1 cm³/mol. The molecule has 1 aliphatic heterocycles. The number of aromatic amines is 1. The fraction of sp³-hybridized carbons (Fsp3) is 0.714. The number of hydrogen-bond acceptors (Lipinski definition) is 6. The Morgan fingerprint density at radius 2 is 2.21 bits per heavy atom. The number of nitrogens with zero attached hydrogens (tertiary/aromatic N) is 2. The van der Waals surface area contributed by atoms with E-state index in [2.05, 4.69) is 15.4 Å². The first-order valence-electron chi connectivity index (χ1n) is 4.23. The molecular weight excluding hydrogens is 190 g/mol. The Bertz CT molecular complexity index is 291. The number of nitrogens with one attached hydrogen (secondary N) is 1. The Labute approximate surface area is 79.3 Å². The first-order chi connectivity index (χ1) is 6.74. The highest BCUT2D eigenvalue weighted by atomic mass is 16.6. The number of hydrogen-bond donors (Lipinski definition) is 4. The molecule has 1 unspecified atom stereocenters. The lowest BCUT2D eigenvalue weighted by molar-refractivity contribution is -0.0239. The van der Waals surface area contributed by atoms with E-state index < -0.39 is 24.4 Å². The van der Waals surface area contributed by atoms with Crippen molar-refractivity contribution < 1.29 is 20.1 Å². The van der Waals surface area contributed by atoms with Gasteiger partial charge in [0, 0.05) is 6.20 Å². The van der Waals surface area contributed by atoms with E-state index in [1.54, 1.807) is 0 Å². The molecule has 14 heavy (non-hydrogen) atoms. The lowest BCUT2D eigenvalue weighted by Crippen LogP contribution is -2.32. The maximum Gasteiger partial charge on any atom is 0.132 e. The molecule has 4 atom stereocenters. The number of aliphatic hydroxyl groups is 3. The van der Waals surface area contributed by atoms with Crippen LogP contribution in [0.25, 0.3) is 0 Å². The van der Waals surface area contributed by atoms with Crippen LogP contribution in [0.15, 0.2) is 6.20 Å². The molecule has 78 valence electrons. The molecule has 2 heterocycles. The van der Waals surface area contributed by atoms with Crippen molar-refractivity contribution in [2.24, 2.45) is 0 Å². The van der Waals surface area contributed by atoms with Crippen molar-refractivity contribution in [3.8, 4) is 0 Å².